The Balaban J connectivity index is 0. The predicted octanol–water partition coefficient (Wildman–Crippen LogP) is 1.98. The molecule has 0 aliphatic rings. The SMILES string of the molecule is CCCSCNCC.NCCSSCCN. The first-order valence-electron chi connectivity index (χ1n) is 5.76. The quantitative estimate of drug-likeness (QED) is 0.324. The first-order chi connectivity index (χ1) is 7.83. The van der Waals surface area contributed by atoms with Crippen LogP contribution in [0, 0.1) is 0 Å². The fraction of sp³-hybridized carbons (Fsp3) is 1.00. The lowest BCUT2D eigenvalue weighted by atomic mass is 10.6. The molecule has 6 heteroatoms. The molecule has 0 aromatic rings. The average Bonchev–Trinajstić information content (AvgIpc) is 2.31. The summed E-state index contributed by atoms with van der Waals surface area (Å²) in [6.07, 6.45) is 1.29. The molecule has 0 atom stereocenters. The van der Waals surface area contributed by atoms with Crippen LogP contribution in [0.1, 0.15) is 20.3 Å². The summed E-state index contributed by atoms with van der Waals surface area (Å²) in [6.45, 7) is 6.96. The molecular formula is C10H27N3S3. The lowest BCUT2D eigenvalue weighted by Crippen LogP contribution is -2.11. The summed E-state index contributed by atoms with van der Waals surface area (Å²) in [5.74, 6) is 4.46. The zero-order chi connectivity index (χ0) is 12.5. The molecule has 0 spiro atoms. The highest BCUT2D eigenvalue weighted by Crippen LogP contribution is 2.18. The van der Waals surface area contributed by atoms with Crippen molar-refractivity contribution in [2.45, 2.75) is 20.3 Å². The molecule has 0 saturated heterocycles. The Morgan fingerprint density at radius 3 is 1.88 bits per heavy atom. The fourth-order valence-corrected chi connectivity index (χ4v) is 3.10. The molecule has 0 aliphatic heterocycles. The maximum atomic E-state index is 5.25. The summed E-state index contributed by atoms with van der Waals surface area (Å²) in [6, 6.07) is 0. The predicted molar refractivity (Wildman–Crippen MR) is 84.3 cm³/mol. The number of thioether (sulfide) groups is 1. The van der Waals surface area contributed by atoms with Crippen LogP contribution in [0.2, 0.25) is 0 Å². The Morgan fingerprint density at radius 2 is 1.50 bits per heavy atom. The van der Waals surface area contributed by atoms with E-state index in [-0.39, 0.29) is 0 Å². The third-order valence-corrected chi connectivity index (χ3v) is 4.86. The highest BCUT2D eigenvalue weighted by molar-refractivity contribution is 8.76. The second-order valence-corrected chi connectivity index (χ2v) is 6.68. The van der Waals surface area contributed by atoms with E-state index in [9.17, 15) is 0 Å². The molecule has 0 aromatic heterocycles. The van der Waals surface area contributed by atoms with Gasteiger partial charge in [0.25, 0.3) is 0 Å². The van der Waals surface area contributed by atoms with E-state index in [1.807, 2.05) is 11.8 Å². The maximum absolute atomic E-state index is 5.25. The molecule has 0 aromatic carbocycles. The Morgan fingerprint density at radius 1 is 0.938 bits per heavy atom. The smallest absolute Gasteiger partial charge is 0.0417 e. The van der Waals surface area contributed by atoms with Gasteiger partial charge in [-0.25, -0.2) is 0 Å². The molecule has 0 saturated carbocycles. The van der Waals surface area contributed by atoms with E-state index in [0.717, 1.165) is 37.0 Å². The van der Waals surface area contributed by atoms with Crippen molar-refractivity contribution in [3.05, 3.63) is 0 Å². The molecule has 0 bridgehead atoms. The summed E-state index contributed by atoms with van der Waals surface area (Å²) >= 11 is 1.97. The van der Waals surface area contributed by atoms with Gasteiger partial charge in [-0.2, -0.15) is 0 Å². The third-order valence-electron chi connectivity index (χ3n) is 1.29. The van der Waals surface area contributed by atoms with Crippen LogP contribution in [0.5, 0.6) is 0 Å². The first kappa shape index (κ1) is 19.3. The Bertz CT molecular complexity index is 83.3. The summed E-state index contributed by atoms with van der Waals surface area (Å²) in [5.41, 5.74) is 10.5. The van der Waals surface area contributed by atoms with Gasteiger partial charge in [-0.05, 0) is 18.7 Å². The molecule has 3 nitrogen and oxygen atoms in total. The van der Waals surface area contributed by atoms with Crippen molar-refractivity contribution in [3.8, 4) is 0 Å². The normalized spacial score (nSPS) is 9.75. The summed E-state index contributed by atoms with van der Waals surface area (Å²) in [5, 5.41) is 3.25. The van der Waals surface area contributed by atoms with E-state index in [4.69, 9.17) is 11.5 Å². The van der Waals surface area contributed by atoms with Crippen LogP contribution in [0.15, 0.2) is 0 Å². The van der Waals surface area contributed by atoms with Crippen LogP contribution >= 0.6 is 33.3 Å². The summed E-state index contributed by atoms with van der Waals surface area (Å²) in [7, 11) is 3.58. The highest BCUT2D eigenvalue weighted by atomic mass is 33.1. The molecule has 0 radical (unpaired) electrons. The minimum Gasteiger partial charge on any atom is -0.330 e. The highest BCUT2D eigenvalue weighted by Gasteiger charge is 1.84. The number of rotatable bonds is 10. The van der Waals surface area contributed by atoms with Gasteiger partial charge >= 0.3 is 0 Å². The van der Waals surface area contributed by atoms with Crippen molar-refractivity contribution < 1.29 is 0 Å². The summed E-state index contributed by atoms with van der Waals surface area (Å²) < 4.78 is 0. The minimum absolute atomic E-state index is 0.766. The second kappa shape index (κ2) is 21.2. The largest absolute Gasteiger partial charge is 0.330 e. The molecule has 0 fully saturated rings. The zero-order valence-electron chi connectivity index (χ0n) is 10.5. The molecule has 0 rings (SSSR count). The lowest BCUT2D eigenvalue weighted by molar-refractivity contribution is 0.838. The molecule has 0 amide bonds. The molecule has 5 N–H and O–H groups in total. The van der Waals surface area contributed by atoms with Gasteiger partial charge in [-0.1, -0.05) is 35.4 Å². The average molecular weight is 286 g/mol. The van der Waals surface area contributed by atoms with Crippen LogP contribution in [0.25, 0.3) is 0 Å². The van der Waals surface area contributed by atoms with Gasteiger partial charge in [0.15, 0.2) is 0 Å². The molecule has 0 heterocycles. The van der Waals surface area contributed by atoms with E-state index >= 15 is 0 Å². The number of nitrogens with two attached hydrogens (primary N) is 2. The van der Waals surface area contributed by atoms with Gasteiger partial charge in [0.1, 0.15) is 0 Å². The van der Waals surface area contributed by atoms with Gasteiger partial charge in [-0.15, -0.1) is 11.8 Å². The molecule has 0 aliphatic carbocycles. The number of hydrogen-bond donors (Lipinski definition) is 3. The van der Waals surface area contributed by atoms with E-state index in [2.05, 4.69) is 19.2 Å². The van der Waals surface area contributed by atoms with Crippen molar-refractivity contribution in [3.63, 3.8) is 0 Å². The molecule has 16 heavy (non-hydrogen) atoms. The first-order valence-corrected chi connectivity index (χ1v) is 9.40. The van der Waals surface area contributed by atoms with E-state index in [1.165, 1.54) is 12.2 Å². The monoisotopic (exact) mass is 285 g/mol. The van der Waals surface area contributed by atoms with E-state index in [1.54, 1.807) is 21.6 Å². The van der Waals surface area contributed by atoms with Crippen LogP contribution < -0.4 is 16.8 Å². The van der Waals surface area contributed by atoms with Crippen LogP contribution in [-0.2, 0) is 0 Å². The van der Waals surface area contributed by atoms with E-state index < -0.39 is 0 Å². The Kier molecular flexibility index (Phi) is 25.6. The third kappa shape index (κ3) is 24.3. The maximum Gasteiger partial charge on any atom is 0.0417 e. The second-order valence-electron chi connectivity index (χ2n) is 2.88. The van der Waals surface area contributed by atoms with Gasteiger partial charge in [-0.3, -0.25) is 0 Å². The molecule has 0 unspecified atom stereocenters. The topological polar surface area (TPSA) is 64.1 Å². The van der Waals surface area contributed by atoms with Crippen molar-refractivity contribution in [1.29, 1.82) is 0 Å². The van der Waals surface area contributed by atoms with E-state index in [0.29, 0.717) is 0 Å². The standard InChI is InChI=1S/C6H15NS.C4H12N2S2/c1-3-5-8-6-7-4-2;5-1-3-7-8-4-2-6/h7H,3-6H2,1-2H3;1-6H2. The lowest BCUT2D eigenvalue weighted by Gasteiger charge is -1.97. The van der Waals surface area contributed by atoms with Gasteiger partial charge in [0, 0.05) is 30.5 Å². The number of nitrogens with one attached hydrogen (secondary N) is 1. The zero-order valence-corrected chi connectivity index (χ0v) is 13.0. The van der Waals surface area contributed by atoms with Crippen molar-refractivity contribution in [1.82, 2.24) is 5.32 Å². The van der Waals surface area contributed by atoms with Crippen molar-refractivity contribution in [2.75, 3.05) is 42.8 Å². The van der Waals surface area contributed by atoms with Crippen LogP contribution in [-0.4, -0.2) is 42.8 Å². The molecular weight excluding hydrogens is 258 g/mol. The molecule has 100 valence electrons. The van der Waals surface area contributed by atoms with Crippen molar-refractivity contribution in [2.24, 2.45) is 11.5 Å². The Labute approximate surface area is 113 Å². The summed E-state index contributed by atoms with van der Waals surface area (Å²) in [4.78, 5) is 0. The van der Waals surface area contributed by atoms with Crippen molar-refractivity contribution >= 4 is 33.3 Å². The van der Waals surface area contributed by atoms with Gasteiger partial charge in [0.2, 0.25) is 0 Å². The van der Waals surface area contributed by atoms with Gasteiger partial charge in [0.05, 0.1) is 0 Å². The van der Waals surface area contributed by atoms with Crippen LogP contribution in [0.3, 0.4) is 0 Å². The minimum atomic E-state index is 0.766. The fourth-order valence-electron chi connectivity index (χ4n) is 0.605. The Hall–Kier alpha value is 0.930. The number of hydrogen-bond acceptors (Lipinski definition) is 6. The van der Waals surface area contributed by atoms with Gasteiger partial charge < -0.3 is 16.8 Å². The van der Waals surface area contributed by atoms with Crippen LogP contribution in [0.4, 0.5) is 0 Å².